The molecule has 0 spiro atoms. The van der Waals surface area contributed by atoms with Crippen molar-refractivity contribution >= 4 is 16.3 Å². The molecule has 0 aliphatic rings. The number of rotatable bonds is 4. The normalized spacial score (nSPS) is 11.3. The molecule has 9 heteroatoms. The summed E-state index contributed by atoms with van der Waals surface area (Å²) in [4.78, 5) is 27.6. The third-order valence-electron chi connectivity index (χ3n) is 4.95. The smallest absolute Gasteiger partial charge is 0.348 e. The Balaban J connectivity index is 2.08. The maximum atomic E-state index is 15.0. The molecule has 0 aliphatic heterocycles. The summed E-state index contributed by atoms with van der Waals surface area (Å²) in [5, 5.41) is 13.4. The molecule has 4 aromatic rings. The summed E-state index contributed by atoms with van der Waals surface area (Å²) >= 11 is 0. The number of aliphatic hydroxyl groups is 1. The molecule has 0 aliphatic carbocycles. The monoisotopic (exact) mass is 424 g/mol. The third kappa shape index (κ3) is 3.38. The number of hydrogen-bond acceptors (Lipinski definition) is 4. The van der Waals surface area contributed by atoms with Crippen molar-refractivity contribution in [1.82, 2.24) is 19.3 Å². The van der Waals surface area contributed by atoms with Crippen molar-refractivity contribution in [1.29, 1.82) is 0 Å². The predicted octanol–water partition coefficient (Wildman–Crippen LogP) is 2.98. The first-order valence-electron chi connectivity index (χ1n) is 9.32. The van der Waals surface area contributed by atoms with Crippen LogP contribution in [0.15, 0.2) is 52.7 Å². The summed E-state index contributed by atoms with van der Waals surface area (Å²) in [7, 11) is 0. The third-order valence-corrected chi connectivity index (χ3v) is 4.95. The summed E-state index contributed by atoms with van der Waals surface area (Å²) in [6.45, 7) is 6.85. The number of halogens is 2. The quantitative estimate of drug-likeness (QED) is 0.527. The molecule has 2 aromatic heterocycles. The lowest BCUT2D eigenvalue weighted by molar-refractivity contribution is 0.271. The highest BCUT2D eigenvalue weighted by atomic mass is 19.1. The highest BCUT2D eigenvalue weighted by Crippen LogP contribution is 2.27. The van der Waals surface area contributed by atoms with E-state index in [1.54, 1.807) is 19.9 Å². The fourth-order valence-electron chi connectivity index (χ4n) is 3.44. The Hall–Kier alpha value is -3.85. The highest BCUT2D eigenvalue weighted by molar-refractivity contribution is 5.94. The number of pyridine rings is 1. The molecule has 2 aromatic carbocycles. The number of nitrogens with zero attached hydrogens (tertiary/aromatic N) is 3. The van der Waals surface area contributed by atoms with Crippen molar-refractivity contribution in [3.8, 4) is 11.4 Å². The number of hydrogen-bond donors (Lipinski definition) is 2. The van der Waals surface area contributed by atoms with Gasteiger partial charge in [-0.2, -0.15) is 4.68 Å². The van der Waals surface area contributed by atoms with Gasteiger partial charge in [-0.05, 0) is 54.6 Å². The first kappa shape index (κ1) is 20.4. The second-order valence-corrected chi connectivity index (χ2v) is 7.25. The maximum Gasteiger partial charge on any atom is 0.348 e. The van der Waals surface area contributed by atoms with E-state index in [1.807, 2.05) is 0 Å². The topological polar surface area (TPSA) is 92.9 Å². The maximum absolute atomic E-state index is 15.0. The number of aliphatic hydroxyl groups excluding tert-OH is 1. The first-order chi connectivity index (χ1) is 14.7. The van der Waals surface area contributed by atoms with E-state index in [9.17, 15) is 23.5 Å². The number of allylic oxidation sites excluding steroid dienone is 1. The molecule has 0 atom stereocenters. The van der Waals surface area contributed by atoms with Crippen molar-refractivity contribution in [3.05, 3.63) is 92.5 Å². The van der Waals surface area contributed by atoms with Crippen LogP contribution in [-0.4, -0.2) is 24.4 Å². The van der Waals surface area contributed by atoms with Crippen molar-refractivity contribution in [2.75, 3.05) is 0 Å². The lowest BCUT2D eigenvalue weighted by Gasteiger charge is -2.15. The molecule has 2 heterocycles. The van der Waals surface area contributed by atoms with Gasteiger partial charge in [-0.15, -0.1) is 5.10 Å². The van der Waals surface area contributed by atoms with Crippen LogP contribution in [0.25, 0.3) is 27.7 Å². The summed E-state index contributed by atoms with van der Waals surface area (Å²) in [6, 6.07) is 6.67. The molecular weight excluding hydrogens is 406 g/mol. The highest BCUT2D eigenvalue weighted by Gasteiger charge is 2.19. The van der Waals surface area contributed by atoms with E-state index in [2.05, 4.69) is 16.7 Å². The molecule has 0 saturated heterocycles. The Morgan fingerprint density at radius 2 is 1.87 bits per heavy atom. The molecule has 0 saturated carbocycles. The van der Waals surface area contributed by atoms with E-state index in [4.69, 9.17) is 0 Å². The summed E-state index contributed by atoms with van der Waals surface area (Å²) in [5.74, 6) is -1.51. The predicted molar refractivity (Wildman–Crippen MR) is 113 cm³/mol. The van der Waals surface area contributed by atoms with Gasteiger partial charge < -0.3 is 5.11 Å². The Labute approximate surface area is 174 Å². The lowest BCUT2D eigenvalue weighted by Crippen LogP contribution is -2.22. The van der Waals surface area contributed by atoms with Gasteiger partial charge in [0, 0.05) is 11.8 Å². The molecule has 31 heavy (non-hydrogen) atoms. The van der Waals surface area contributed by atoms with Crippen molar-refractivity contribution in [3.63, 3.8) is 0 Å². The van der Waals surface area contributed by atoms with E-state index in [-0.39, 0.29) is 22.6 Å². The summed E-state index contributed by atoms with van der Waals surface area (Å²) in [6.07, 6.45) is 1.44. The Morgan fingerprint density at radius 1 is 1.13 bits per heavy atom. The zero-order valence-electron chi connectivity index (χ0n) is 16.7. The second kappa shape index (κ2) is 7.44. The average molecular weight is 424 g/mol. The average Bonchev–Trinajstić information content (AvgIpc) is 3.10. The second-order valence-electron chi connectivity index (χ2n) is 7.25. The largest absolute Gasteiger partial charge is 0.388 e. The number of H-pyrrole nitrogens is 1. The number of aromatic amines is 1. The Kier molecular flexibility index (Phi) is 4.90. The van der Waals surface area contributed by atoms with Crippen LogP contribution in [-0.2, 0) is 6.61 Å². The van der Waals surface area contributed by atoms with Gasteiger partial charge in [0.15, 0.2) is 5.82 Å². The van der Waals surface area contributed by atoms with Crippen LogP contribution in [0, 0.1) is 18.6 Å². The SMILES string of the molecule is C=C(C)c1cn(-c2cc(C)ccc2F)c(=O)c2cc(F)c(-n3nc(CO)[nH]c3=O)cc12. The number of fused-ring (bicyclic) bond motifs is 1. The van der Waals surface area contributed by atoms with Gasteiger partial charge in [-0.3, -0.25) is 14.3 Å². The molecule has 2 N–H and O–H groups in total. The number of aryl methyl sites for hydroxylation is 1. The van der Waals surface area contributed by atoms with Gasteiger partial charge >= 0.3 is 5.69 Å². The van der Waals surface area contributed by atoms with Gasteiger partial charge in [0.25, 0.3) is 5.56 Å². The molecular formula is C22H18F2N4O3. The summed E-state index contributed by atoms with van der Waals surface area (Å²) in [5.41, 5.74) is 0.247. The molecule has 0 unspecified atom stereocenters. The first-order valence-corrected chi connectivity index (χ1v) is 9.32. The molecule has 0 radical (unpaired) electrons. The lowest BCUT2D eigenvalue weighted by atomic mass is 10.0. The molecule has 158 valence electrons. The fraction of sp³-hybridized carbons (Fsp3) is 0.136. The summed E-state index contributed by atoms with van der Waals surface area (Å²) < 4.78 is 31.4. The number of benzene rings is 2. The van der Waals surface area contributed by atoms with Gasteiger partial charge in [0.05, 0.1) is 11.1 Å². The standard InChI is InChI=1S/C22H18F2N4O3/c1-11(2)15-9-27(18-6-12(3)4-5-16(18)23)21(30)14-7-17(24)19(8-13(14)15)28-22(31)25-20(10-29)26-28/h4-9,29H,1,10H2,2-3H3,(H,25,26,31). The van der Waals surface area contributed by atoms with Crippen LogP contribution >= 0.6 is 0 Å². The van der Waals surface area contributed by atoms with Crippen molar-refractivity contribution < 1.29 is 13.9 Å². The molecule has 0 amide bonds. The minimum absolute atomic E-state index is 0.00591. The molecule has 4 rings (SSSR count). The van der Waals surface area contributed by atoms with Gasteiger partial charge in [-0.1, -0.05) is 12.6 Å². The van der Waals surface area contributed by atoms with Crippen LogP contribution in [0.5, 0.6) is 0 Å². The Morgan fingerprint density at radius 3 is 2.52 bits per heavy atom. The molecule has 0 bridgehead atoms. The minimum Gasteiger partial charge on any atom is -0.388 e. The zero-order chi connectivity index (χ0) is 22.4. The van der Waals surface area contributed by atoms with Crippen LogP contribution in [0.4, 0.5) is 8.78 Å². The fourth-order valence-corrected chi connectivity index (χ4v) is 3.44. The number of aromatic nitrogens is 4. The Bertz CT molecular complexity index is 1480. The van der Waals surface area contributed by atoms with Crippen LogP contribution in [0.1, 0.15) is 23.9 Å². The van der Waals surface area contributed by atoms with Crippen molar-refractivity contribution in [2.45, 2.75) is 20.5 Å². The minimum atomic E-state index is -0.877. The van der Waals surface area contributed by atoms with Gasteiger partial charge in [0.1, 0.15) is 23.9 Å². The molecule has 0 fully saturated rings. The van der Waals surface area contributed by atoms with Crippen LogP contribution in [0.2, 0.25) is 0 Å². The van der Waals surface area contributed by atoms with Gasteiger partial charge in [0.2, 0.25) is 0 Å². The number of nitrogens with one attached hydrogen (secondary N) is 1. The van der Waals surface area contributed by atoms with Gasteiger partial charge in [-0.25, -0.2) is 13.6 Å². The van der Waals surface area contributed by atoms with Crippen molar-refractivity contribution in [2.24, 2.45) is 0 Å². The van der Waals surface area contributed by atoms with E-state index in [1.165, 1.54) is 24.4 Å². The van der Waals surface area contributed by atoms with E-state index >= 15 is 0 Å². The van der Waals surface area contributed by atoms with E-state index in [0.717, 1.165) is 20.9 Å². The van der Waals surface area contributed by atoms with E-state index < -0.39 is 29.5 Å². The van der Waals surface area contributed by atoms with E-state index in [0.29, 0.717) is 16.5 Å². The molecule has 7 nitrogen and oxygen atoms in total. The van der Waals surface area contributed by atoms with Crippen LogP contribution in [0.3, 0.4) is 0 Å². The van der Waals surface area contributed by atoms with Crippen LogP contribution < -0.4 is 11.2 Å². The zero-order valence-corrected chi connectivity index (χ0v) is 16.7.